The average molecular weight is 428 g/mol. The number of hydrogen-bond acceptors (Lipinski definition) is 5. The van der Waals surface area contributed by atoms with Gasteiger partial charge in [0.15, 0.2) is 0 Å². The summed E-state index contributed by atoms with van der Waals surface area (Å²) in [5.41, 5.74) is 4.24. The Labute approximate surface area is 181 Å². The number of anilines is 1. The highest BCUT2D eigenvalue weighted by Gasteiger charge is 2.33. The number of rotatable bonds is 5. The number of aromatic carboxylic acids is 1. The third-order valence-corrected chi connectivity index (χ3v) is 7.45. The smallest absolute Gasteiger partial charge is 0.337 e. The Balaban J connectivity index is 1.84. The van der Waals surface area contributed by atoms with Crippen LogP contribution in [0.25, 0.3) is 10.4 Å². The van der Waals surface area contributed by atoms with Crippen LogP contribution in [0.2, 0.25) is 0 Å². The molecule has 7 heteroatoms. The Bertz CT molecular complexity index is 1010. The highest BCUT2D eigenvalue weighted by atomic mass is 32.1. The number of carbonyl (C=O) groups is 2. The van der Waals surface area contributed by atoms with Crippen molar-refractivity contribution in [3.8, 4) is 10.4 Å². The van der Waals surface area contributed by atoms with Crippen LogP contribution in [0.4, 0.5) is 5.69 Å². The molecule has 0 radical (unpaired) electrons. The molecule has 1 aromatic carbocycles. The molecule has 0 unspecified atom stereocenters. The molecule has 1 saturated heterocycles. The fourth-order valence-electron chi connectivity index (χ4n) is 4.63. The summed E-state index contributed by atoms with van der Waals surface area (Å²) in [6.07, 6.45) is 4.20. The molecular weight excluding hydrogens is 398 g/mol. The number of carbonyl (C=O) groups excluding carboxylic acids is 1. The first-order valence-electron chi connectivity index (χ1n) is 10.4. The van der Waals surface area contributed by atoms with E-state index >= 15 is 0 Å². The number of fused-ring (bicyclic) bond motifs is 1. The molecule has 1 fully saturated rings. The normalized spacial score (nSPS) is 18.2. The third kappa shape index (κ3) is 3.89. The van der Waals surface area contributed by atoms with E-state index in [0.717, 1.165) is 59.5 Å². The van der Waals surface area contributed by atoms with Crippen molar-refractivity contribution in [1.29, 1.82) is 0 Å². The minimum absolute atomic E-state index is 0.107. The Morgan fingerprint density at radius 3 is 2.73 bits per heavy atom. The van der Waals surface area contributed by atoms with Gasteiger partial charge < -0.3 is 10.0 Å². The van der Waals surface area contributed by atoms with Gasteiger partial charge in [-0.25, -0.2) is 9.80 Å². The second kappa shape index (κ2) is 7.80. The summed E-state index contributed by atoms with van der Waals surface area (Å²) in [5.74, 6) is 5.24. The van der Waals surface area contributed by atoms with Crippen molar-refractivity contribution in [3.63, 3.8) is 0 Å². The fraction of sp³-hybridized carbons (Fsp3) is 0.478. The van der Waals surface area contributed by atoms with Crippen molar-refractivity contribution in [3.05, 3.63) is 39.8 Å². The number of carboxylic acid groups (broad SMARTS) is 1. The van der Waals surface area contributed by atoms with Gasteiger partial charge in [-0.3, -0.25) is 10.6 Å². The first-order chi connectivity index (χ1) is 14.2. The zero-order chi connectivity index (χ0) is 21.6. The van der Waals surface area contributed by atoms with Crippen LogP contribution in [0.5, 0.6) is 0 Å². The lowest BCUT2D eigenvalue weighted by atomic mass is 9.76. The lowest BCUT2D eigenvalue weighted by molar-refractivity contribution is -0.117. The number of hydrazine groups is 1. The molecule has 6 nitrogen and oxygen atoms in total. The number of amides is 1. The molecule has 3 N–H and O–H groups in total. The standard InChI is InChI=1S/C23H29N3O3S/c1-23(2)9-8-18-17(12-23)20(22(28)29)21(30-18)16-7-6-15(11-14(16)13-25(3)24)26-10-4-5-19(26)27/h6-7,11H,4-5,8-10,12-13,24H2,1-3H3,(H,28,29). The number of thiophene rings is 1. The van der Waals surface area contributed by atoms with Crippen LogP contribution in [0.1, 0.15) is 59.5 Å². The predicted octanol–water partition coefficient (Wildman–Crippen LogP) is 4.06. The predicted molar refractivity (Wildman–Crippen MR) is 120 cm³/mol. The summed E-state index contributed by atoms with van der Waals surface area (Å²) >= 11 is 1.60. The van der Waals surface area contributed by atoms with Gasteiger partial charge in [0.25, 0.3) is 0 Å². The van der Waals surface area contributed by atoms with Crippen molar-refractivity contribution < 1.29 is 14.7 Å². The molecular formula is C23H29N3O3S. The van der Waals surface area contributed by atoms with E-state index in [1.165, 1.54) is 4.88 Å². The van der Waals surface area contributed by atoms with Crippen LogP contribution < -0.4 is 10.7 Å². The molecule has 2 heterocycles. The SMILES string of the molecule is CN(N)Cc1cc(N2CCCC2=O)ccc1-c1sc2c(c1C(=O)O)CC(C)(C)CC2. The minimum atomic E-state index is -0.869. The van der Waals surface area contributed by atoms with Gasteiger partial charge in [0, 0.05) is 42.0 Å². The molecule has 1 aliphatic heterocycles. The number of aryl methyl sites for hydroxylation is 1. The third-order valence-electron chi connectivity index (χ3n) is 6.13. The summed E-state index contributed by atoms with van der Waals surface area (Å²) in [7, 11) is 1.79. The zero-order valence-corrected chi connectivity index (χ0v) is 18.6. The number of carboxylic acids is 1. The van der Waals surface area contributed by atoms with Crippen molar-refractivity contribution in [2.75, 3.05) is 18.5 Å². The first-order valence-corrected chi connectivity index (χ1v) is 11.3. The number of hydrogen-bond donors (Lipinski definition) is 2. The van der Waals surface area contributed by atoms with E-state index in [-0.39, 0.29) is 11.3 Å². The van der Waals surface area contributed by atoms with Gasteiger partial charge in [0.2, 0.25) is 5.91 Å². The maximum atomic E-state index is 12.3. The van der Waals surface area contributed by atoms with E-state index in [0.29, 0.717) is 18.5 Å². The monoisotopic (exact) mass is 427 g/mol. The molecule has 2 aromatic rings. The van der Waals surface area contributed by atoms with E-state index in [4.69, 9.17) is 5.84 Å². The Morgan fingerprint density at radius 1 is 1.33 bits per heavy atom. The molecule has 0 saturated carbocycles. The van der Waals surface area contributed by atoms with Crippen LogP contribution in [-0.4, -0.2) is 35.6 Å². The van der Waals surface area contributed by atoms with E-state index in [1.54, 1.807) is 23.4 Å². The number of nitrogens with zero attached hydrogens (tertiary/aromatic N) is 2. The summed E-state index contributed by atoms with van der Waals surface area (Å²) in [5, 5.41) is 11.7. The van der Waals surface area contributed by atoms with Crippen molar-refractivity contribution in [2.24, 2.45) is 11.3 Å². The van der Waals surface area contributed by atoms with Crippen LogP contribution in [0.15, 0.2) is 18.2 Å². The second-order valence-corrected chi connectivity index (χ2v) is 10.4. The van der Waals surface area contributed by atoms with Crippen LogP contribution in [-0.2, 0) is 24.2 Å². The number of nitrogens with two attached hydrogens (primary N) is 1. The van der Waals surface area contributed by atoms with E-state index in [2.05, 4.69) is 13.8 Å². The molecule has 4 rings (SSSR count). The van der Waals surface area contributed by atoms with Gasteiger partial charge in [0.05, 0.1) is 5.56 Å². The minimum Gasteiger partial charge on any atom is -0.478 e. The molecule has 2 aliphatic rings. The quantitative estimate of drug-likeness (QED) is 0.555. The largest absolute Gasteiger partial charge is 0.478 e. The van der Waals surface area contributed by atoms with Crippen molar-refractivity contribution in [2.45, 2.75) is 52.5 Å². The Hall–Kier alpha value is -2.22. The van der Waals surface area contributed by atoms with Gasteiger partial charge in [-0.05, 0) is 59.9 Å². The number of benzene rings is 1. The topological polar surface area (TPSA) is 86.9 Å². The summed E-state index contributed by atoms with van der Waals surface area (Å²) in [4.78, 5) is 28.3. The molecule has 1 amide bonds. The first kappa shape index (κ1) is 21.0. The summed E-state index contributed by atoms with van der Waals surface area (Å²) in [6.45, 7) is 5.60. The van der Waals surface area contributed by atoms with E-state index < -0.39 is 5.97 Å². The van der Waals surface area contributed by atoms with Crippen LogP contribution in [0.3, 0.4) is 0 Å². The van der Waals surface area contributed by atoms with Crippen molar-refractivity contribution >= 4 is 28.9 Å². The van der Waals surface area contributed by atoms with Gasteiger partial charge in [0.1, 0.15) is 0 Å². The van der Waals surface area contributed by atoms with Crippen LogP contribution >= 0.6 is 11.3 Å². The van der Waals surface area contributed by atoms with Crippen LogP contribution in [0, 0.1) is 5.41 Å². The maximum absolute atomic E-state index is 12.3. The van der Waals surface area contributed by atoms with Gasteiger partial charge in [-0.1, -0.05) is 19.9 Å². The molecule has 160 valence electrons. The van der Waals surface area contributed by atoms with Crippen molar-refractivity contribution in [1.82, 2.24) is 5.01 Å². The lowest BCUT2D eigenvalue weighted by Crippen LogP contribution is -2.26. The average Bonchev–Trinajstić information content (AvgIpc) is 3.23. The Kier molecular flexibility index (Phi) is 5.46. The second-order valence-electron chi connectivity index (χ2n) is 9.26. The summed E-state index contributed by atoms with van der Waals surface area (Å²) < 4.78 is 0. The summed E-state index contributed by atoms with van der Waals surface area (Å²) in [6, 6.07) is 5.90. The zero-order valence-electron chi connectivity index (χ0n) is 17.8. The fourth-order valence-corrected chi connectivity index (χ4v) is 6.00. The van der Waals surface area contributed by atoms with Gasteiger partial charge in [-0.15, -0.1) is 11.3 Å². The maximum Gasteiger partial charge on any atom is 0.337 e. The highest BCUT2D eigenvalue weighted by Crippen LogP contribution is 2.46. The highest BCUT2D eigenvalue weighted by molar-refractivity contribution is 7.16. The molecule has 0 bridgehead atoms. The molecule has 0 spiro atoms. The van der Waals surface area contributed by atoms with E-state index in [1.807, 2.05) is 23.1 Å². The molecule has 1 aliphatic carbocycles. The van der Waals surface area contributed by atoms with Gasteiger partial charge >= 0.3 is 5.97 Å². The molecule has 30 heavy (non-hydrogen) atoms. The lowest BCUT2D eigenvalue weighted by Gasteiger charge is -2.29. The van der Waals surface area contributed by atoms with E-state index in [9.17, 15) is 14.7 Å². The van der Waals surface area contributed by atoms with Gasteiger partial charge in [-0.2, -0.15) is 0 Å². The molecule has 0 atom stereocenters. The Morgan fingerprint density at radius 2 is 2.10 bits per heavy atom. The molecule has 1 aromatic heterocycles.